The minimum absolute atomic E-state index is 0.131. The molecule has 0 fully saturated rings. The highest BCUT2D eigenvalue weighted by molar-refractivity contribution is 7.99. The molecule has 1 atom stereocenters. The van der Waals surface area contributed by atoms with Crippen LogP contribution < -0.4 is 11.1 Å². The fourth-order valence-electron chi connectivity index (χ4n) is 3.55. The van der Waals surface area contributed by atoms with Gasteiger partial charge in [0.25, 0.3) is 5.91 Å². The third-order valence-corrected chi connectivity index (χ3v) is 7.14. The van der Waals surface area contributed by atoms with Crippen LogP contribution in [0, 0.1) is 5.92 Å². The molecule has 2 heterocycles. The maximum atomic E-state index is 12.6. The number of nitrogens with two attached hydrogens (primary N) is 1. The number of aromatic nitrogens is 4. The standard InChI is InChI=1S/C20H22N6O2S2/c1-12-7-8-14-15(9-12)30-19(17(14)18(21)28)22-16(27)11-29-20-23-24-25-26(20)10-13-5-3-2-4-6-13/h2-6,12H,7-11H2,1H3,(H2,21,28)(H,22,27). The molecule has 1 aliphatic rings. The number of fused-ring (bicyclic) bond motifs is 1. The average molecular weight is 443 g/mol. The molecule has 0 spiro atoms. The molecule has 10 heteroatoms. The van der Waals surface area contributed by atoms with Gasteiger partial charge in [0.15, 0.2) is 0 Å². The van der Waals surface area contributed by atoms with Gasteiger partial charge in [-0.15, -0.1) is 16.4 Å². The quantitative estimate of drug-likeness (QED) is 0.544. The highest BCUT2D eigenvalue weighted by Crippen LogP contribution is 2.39. The Morgan fingerprint density at radius 1 is 1.33 bits per heavy atom. The number of thioether (sulfide) groups is 1. The van der Waals surface area contributed by atoms with E-state index in [2.05, 4.69) is 27.8 Å². The maximum Gasteiger partial charge on any atom is 0.251 e. The van der Waals surface area contributed by atoms with Gasteiger partial charge in [-0.1, -0.05) is 49.0 Å². The summed E-state index contributed by atoms with van der Waals surface area (Å²) in [5.74, 6) is -0.00790. The molecule has 1 unspecified atom stereocenters. The number of anilines is 1. The van der Waals surface area contributed by atoms with Gasteiger partial charge in [0, 0.05) is 4.88 Å². The van der Waals surface area contributed by atoms with Crippen molar-refractivity contribution < 1.29 is 9.59 Å². The van der Waals surface area contributed by atoms with E-state index in [1.54, 1.807) is 4.68 Å². The first kappa shape index (κ1) is 20.5. The van der Waals surface area contributed by atoms with Crippen LogP contribution in [0.3, 0.4) is 0 Å². The van der Waals surface area contributed by atoms with E-state index < -0.39 is 5.91 Å². The van der Waals surface area contributed by atoms with Gasteiger partial charge in [-0.05, 0) is 46.7 Å². The Hall–Kier alpha value is -2.72. The van der Waals surface area contributed by atoms with Crippen molar-refractivity contribution >= 4 is 39.9 Å². The summed E-state index contributed by atoms with van der Waals surface area (Å²) in [7, 11) is 0. The van der Waals surface area contributed by atoms with Crippen LogP contribution in [0.25, 0.3) is 0 Å². The van der Waals surface area contributed by atoms with Gasteiger partial charge in [0.05, 0.1) is 17.9 Å². The van der Waals surface area contributed by atoms with Crippen LogP contribution in [-0.4, -0.2) is 37.8 Å². The molecule has 0 aliphatic heterocycles. The van der Waals surface area contributed by atoms with E-state index in [0.29, 0.717) is 28.2 Å². The van der Waals surface area contributed by atoms with Crippen LogP contribution in [0.2, 0.25) is 0 Å². The number of carbonyl (C=O) groups excluding carboxylic acids is 2. The number of carbonyl (C=O) groups is 2. The number of nitrogens with one attached hydrogen (secondary N) is 1. The minimum Gasteiger partial charge on any atom is -0.365 e. The second-order valence-electron chi connectivity index (χ2n) is 7.36. The zero-order valence-corrected chi connectivity index (χ0v) is 18.1. The predicted molar refractivity (Wildman–Crippen MR) is 117 cm³/mol. The molecule has 3 aromatic rings. The Morgan fingerprint density at radius 3 is 2.90 bits per heavy atom. The first-order valence-corrected chi connectivity index (χ1v) is 11.5. The second kappa shape index (κ2) is 8.97. The van der Waals surface area contributed by atoms with E-state index in [0.717, 1.165) is 35.3 Å². The number of thiophene rings is 1. The topological polar surface area (TPSA) is 116 Å². The summed E-state index contributed by atoms with van der Waals surface area (Å²) < 4.78 is 1.66. The first-order valence-electron chi connectivity index (χ1n) is 9.68. The van der Waals surface area contributed by atoms with Gasteiger partial charge < -0.3 is 11.1 Å². The van der Waals surface area contributed by atoms with E-state index in [4.69, 9.17) is 5.73 Å². The van der Waals surface area contributed by atoms with E-state index in [9.17, 15) is 9.59 Å². The van der Waals surface area contributed by atoms with Crippen LogP contribution in [0.1, 0.15) is 39.7 Å². The molecule has 0 radical (unpaired) electrons. The molecule has 156 valence electrons. The molecular weight excluding hydrogens is 420 g/mol. The highest BCUT2D eigenvalue weighted by atomic mass is 32.2. The zero-order valence-electron chi connectivity index (χ0n) is 16.5. The zero-order chi connectivity index (χ0) is 21.1. The number of nitrogens with zero attached hydrogens (tertiary/aromatic N) is 4. The van der Waals surface area contributed by atoms with Crippen molar-refractivity contribution in [2.75, 3.05) is 11.1 Å². The van der Waals surface area contributed by atoms with E-state index in [1.165, 1.54) is 23.1 Å². The molecule has 2 amide bonds. The van der Waals surface area contributed by atoms with Gasteiger partial charge in [-0.2, -0.15) is 0 Å². The normalized spacial score (nSPS) is 15.6. The van der Waals surface area contributed by atoms with E-state index in [-0.39, 0.29) is 11.7 Å². The molecule has 0 saturated carbocycles. The number of rotatable bonds is 7. The fraction of sp³-hybridized carbons (Fsp3) is 0.350. The van der Waals surface area contributed by atoms with E-state index >= 15 is 0 Å². The molecule has 30 heavy (non-hydrogen) atoms. The van der Waals surface area contributed by atoms with Crippen LogP contribution in [0.5, 0.6) is 0 Å². The predicted octanol–water partition coefficient (Wildman–Crippen LogP) is 2.74. The van der Waals surface area contributed by atoms with Crippen LogP contribution >= 0.6 is 23.1 Å². The van der Waals surface area contributed by atoms with Crippen LogP contribution in [0.15, 0.2) is 35.5 Å². The number of hydrogen-bond acceptors (Lipinski definition) is 7. The van der Waals surface area contributed by atoms with Crippen molar-refractivity contribution in [2.24, 2.45) is 11.7 Å². The van der Waals surface area contributed by atoms with Crippen molar-refractivity contribution in [3.63, 3.8) is 0 Å². The third kappa shape index (κ3) is 4.54. The van der Waals surface area contributed by atoms with Crippen molar-refractivity contribution in [1.29, 1.82) is 0 Å². The Labute approximate surface area is 182 Å². The van der Waals surface area contributed by atoms with Crippen molar-refractivity contribution in [3.8, 4) is 0 Å². The Kier molecular flexibility index (Phi) is 6.14. The van der Waals surface area contributed by atoms with Gasteiger partial charge in [0.2, 0.25) is 11.1 Å². The van der Waals surface area contributed by atoms with Crippen LogP contribution in [-0.2, 0) is 24.2 Å². The average Bonchev–Trinajstić information content (AvgIpc) is 3.30. The molecule has 3 N–H and O–H groups in total. The Bertz CT molecular complexity index is 1060. The highest BCUT2D eigenvalue weighted by Gasteiger charge is 2.27. The van der Waals surface area contributed by atoms with Crippen molar-refractivity contribution in [1.82, 2.24) is 20.2 Å². The summed E-state index contributed by atoms with van der Waals surface area (Å²) in [6.45, 7) is 2.72. The van der Waals surface area contributed by atoms with Crippen LogP contribution in [0.4, 0.5) is 5.00 Å². The number of tetrazole rings is 1. The lowest BCUT2D eigenvalue weighted by atomic mass is 9.88. The van der Waals surface area contributed by atoms with Gasteiger partial charge in [-0.25, -0.2) is 4.68 Å². The monoisotopic (exact) mass is 442 g/mol. The Balaban J connectivity index is 1.42. The lowest BCUT2D eigenvalue weighted by Gasteiger charge is -2.18. The van der Waals surface area contributed by atoms with E-state index in [1.807, 2.05) is 30.3 Å². The van der Waals surface area contributed by atoms with Gasteiger partial charge >= 0.3 is 0 Å². The summed E-state index contributed by atoms with van der Waals surface area (Å²) in [6.07, 6.45) is 2.76. The SMILES string of the molecule is CC1CCc2c(sc(NC(=O)CSc3nnnn3Cc3ccccc3)c2C(N)=O)C1. The molecule has 2 aromatic heterocycles. The molecule has 8 nitrogen and oxygen atoms in total. The summed E-state index contributed by atoms with van der Waals surface area (Å²) in [4.78, 5) is 25.7. The molecule has 4 rings (SSSR count). The summed E-state index contributed by atoms with van der Waals surface area (Å²) in [5, 5.41) is 15.7. The second-order valence-corrected chi connectivity index (χ2v) is 9.41. The molecule has 1 aliphatic carbocycles. The first-order chi connectivity index (χ1) is 14.5. The van der Waals surface area contributed by atoms with Gasteiger partial charge in [-0.3, -0.25) is 9.59 Å². The summed E-state index contributed by atoms with van der Waals surface area (Å²) >= 11 is 2.72. The maximum absolute atomic E-state index is 12.6. The third-order valence-electron chi connectivity index (χ3n) is 5.02. The minimum atomic E-state index is -0.489. The molecule has 1 aromatic carbocycles. The fourth-order valence-corrected chi connectivity index (χ4v) is 5.66. The van der Waals surface area contributed by atoms with Crippen molar-refractivity contribution in [2.45, 2.75) is 37.9 Å². The van der Waals surface area contributed by atoms with Gasteiger partial charge in [0.1, 0.15) is 5.00 Å². The van der Waals surface area contributed by atoms with Crippen molar-refractivity contribution in [3.05, 3.63) is 51.9 Å². The number of hydrogen-bond donors (Lipinski definition) is 2. The number of primary amides is 1. The smallest absolute Gasteiger partial charge is 0.251 e. The largest absolute Gasteiger partial charge is 0.365 e. The molecular formula is C20H22N6O2S2. The molecule has 0 saturated heterocycles. The molecule has 0 bridgehead atoms. The lowest BCUT2D eigenvalue weighted by Crippen LogP contribution is -2.20. The summed E-state index contributed by atoms with van der Waals surface area (Å²) in [6, 6.07) is 9.85. The summed E-state index contributed by atoms with van der Waals surface area (Å²) in [5.41, 5.74) is 8.16. The number of amides is 2. The Morgan fingerprint density at radius 2 is 2.13 bits per heavy atom. The lowest BCUT2D eigenvalue weighted by molar-refractivity contribution is -0.113. The number of benzene rings is 1.